The van der Waals surface area contributed by atoms with E-state index in [1.807, 2.05) is 0 Å². The van der Waals surface area contributed by atoms with Crippen LogP contribution in [0.15, 0.2) is 24.4 Å². The molecular weight excluding hydrogens is 200 g/mol. The Morgan fingerprint density at radius 3 is 2.71 bits per heavy atom. The van der Waals surface area contributed by atoms with Crippen LogP contribution in [0.4, 0.5) is 0 Å². The van der Waals surface area contributed by atoms with Gasteiger partial charge < -0.3 is 4.90 Å². The van der Waals surface area contributed by atoms with Gasteiger partial charge in [0.15, 0.2) is 0 Å². The van der Waals surface area contributed by atoms with Gasteiger partial charge in [0, 0.05) is 26.4 Å². The average molecular weight is 211 g/mol. The fraction of sp³-hybridized carbons (Fsp3) is 0.200. The molecule has 0 unspecified atom stereocenters. The second-order valence-corrected chi connectivity index (χ2v) is 3.37. The summed E-state index contributed by atoms with van der Waals surface area (Å²) >= 11 is 5.61. The van der Waals surface area contributed by atoms with Crippen molar-refractivity contribution >= 4 is 23.6 Å². The van der Waals surface area contributed by atoms with E-state index in [-0.39, 0.29) is 5.91 Å². The minimum atomic E-state index is -0.0556. The Kier molecular flexibility index (Phi) is 3.65. The predicted molar refractivity (Wildman–Crippen MR) is 57.0 cm³/mol. The lowest BCUT2D eigenvalue weighted by Gasteiger charge is -2.04. The van der Waals surface area contributed by atoms with Gasteiger partial charge in [-0.05, 0) is 17.7 Å². The molecule has 0 aliphatic heterocycles. The molecule has 3 nitrogen and oxygen atoms in total. The molecule has 0 aliphatic rings. The van der Waals surface area contributed by atoms with Crippen LogP contribution in [0.2, 0.25) is 5.15 Å². The zero-order valence-electron chi connectivity index (χ0n) is 8.07. The summed E-state index contributed by atoms with van der Waals surface area (Å²) < 4.78 is 0. The monoisotopic (exact) mass is 210 g/mol. The summed E-state index contributed by atoms with van der Waals surface area (Å²) in [6.45, 7) is 0. The molecule has 0 saturated heterocycles. The van der Waals surface area contributed by atoms with E-state index in [9.17, 15) is 4.79 Å². The van der Waals surface area contributed by atoms with E-state index < -0.39 is 0 Å². The molecule has 0 N–H and O–H groups in total. The summed E-state index contributed by atoms with van der Waals surface area (Å²) in [5.41, 5.74) is 0.851. The van der Waals surface area contributed by atoms with Crippen molar-refractivity contribution in [1.29, 1.82) is 0 Å². The number of carbonyl (C=O) groups excluding carboxylic acids is 1. The molecule has 4 heteroatoms. The van der Waals surface area contributed by atoms with Crippen molar-refractivity contribution in [2.75, 3.05) is 14.1 Å². The second-order valence-electron chi connectivity index (χ2n) is 2.98. The lowest BCUT2D eigenvalue weighted by molar-refractivity contribution is -0.123. The number of hydrogen-bond acceptors (Lipinski definition) is 2. The van der Waals surface area contributed by atoms with Crippen LogP contribution in [0.25, 0.3) is 6.08 Å². The Hall–Kier alpha value is -1.35. The number of carbonyl (C=O) groups is 1. The molecule has 1 heterocycles. The summed E-state index contributed by atoms with van der Waals surface area (Å²) in [5.74, 6) is -0.0556. The van der Waals surface area contributed by atoms with Gasteiger partial charge in [0.25, 0.3) is 0 Å². The number of halogens is 1. The molecule has 0 bridgehead atoms. The second kappa shape index (κ2) is 4.77. The van der Waals surface area contributed by atoms with E-state index in [2.05, 4.69) is 4.98 Å². The molecular formula is C10H11ClN2O. The zero-order chi connectivity index (χ0) is 10.6. The maximum atomic E-state index is 11.2. The van der Waals surface area contributed by atoms with Gasteiger partial charge in [-0.1, -0.05) is 17.7 Å². The van der Waals surface area contributed by atoms with E-state index in [4.69, 9.17) is 11.6 Å². The molecule has 74 valence electrons. The molecule has 0 atom stereocenters. The maximum Gasteiger partial charge on any atom is 0.246 e. The van der Waals surface area contributed by atoms with E-state index in [1.165, 1.54) is 11.0 Å². The minimum Gasteiger partial charge on any atom is -0.345 e. The van der Waals surface area contributed by atoms with Crippen LogP contribution >= 0.6 is 11.6 Å². The summed E-state index contributed by atoms with van der Waals surface area (Å²) in [6.07, 6.45) is 4.80. The molecule has 1 aromatic rings. The highest BCUT2D eigenvalue weighted by atomic mass is 35.5. The van der Waals surface area contributed by atoms with Crippen LogP contribution in [0, 0.1) is 0 Å². The molecule has 0 aliphatic carbocycles. The number of nitrogens with zero attached hydrogens (tertiary/aromatic N) is 2. The van der Waals surface area contributed by atoms with Crippen molar-refractivity contribution in [2.45, 2.75) is 0 Å². The Morgan fingerprint density at radius 1 is 1.50 bits per heavy atom. The first-order chi connectivity index (χ1) is 6.59. The first-order valence-corrected chi connectivity index (χ1v) is 4.48. The topological polar surface area (TPSA) is 33.2 Å². The molecule has 0 aromatic carbocycles. The van der Waals surface area contributed by atoms with Crippen LogP contribution in [0.1, 0.15) is 5.56 Å². The number of rotatable bonds is 2. The van der Waals surface area contributed by atoms with Crippen LogP contribution in [-0.4, -0.2) is 29.9 Å². The molecule has 1 amide bonds. The largest absolute Gasteiger partial charge is 0.345 e. The van der Waals surface area contributed by atoms with Crippen molar-refractivity contribution < 1.29 is 4.79 Å². The fourth-order valence-corrected chi connectivity index (χ4v) is 0.914. The third kappa shape index (κ3) is 3.18. The third-order valence-corrected chi connectivity index (χ3v) is 1.83. The van der Waals surface area contributed by atoms with Crippen LogP contribution in [-0.2, 0) is 4.79 Å². The minimum absolute atomic E-state index is 0.0556. The van der Waals surface area contributed by atoms with E-state index in [0.717, 1.165) is 5.56 Å². The van der Waals surface area contributed by atoms with Crippen molar-refractivity contribution in [1.82, 2.24) is 9.88 Å². The summed E-state index contributed by atoms with van der Waals surface area (Å²) in [5, 5.41) is 0.445. The highest BCUT2D eigenvalue weighted by Crippen LogP contribution is 2.06. The third-order valence-electron chi connectivity index (χ3n) is 1.61. The van der Waals surface area contributed by atoms with Crippen molar-refractivity contribution in [3.05, 3.63) is 35.1 Å². The van der Waals surface area contributed by atoms with E-state index >= 15 is 0 Å². The molecule has 1 aromatic heterocycles. The molecule has 14 heavy (non-hydrogen) atoms. The number of amides is 1. The number of pyridine rings is 1. The fourth-order valence-electron chi connectivity index (χ4n) is 0.802. The number of aromatic nitrogens is 1. The van der Waals surface area contributed by atoms with Crippen LogP contribution in [0.3, 0.4) is 0 Å². The van der Waals surface area contributed by atoms with Gasteiger partial charge in [-0.3, -0.25) is 4.79 Å². The van der Waals surface area contributed by atoms with Crippen molar-refractivity contribution in [3.63, 3.8) is 0 Å². The Labute approximate surface area is 88.0 Å². The van der Waals surface area contributed by atoms with Gasteiger partial charge in [-0.2, -0.15) is 0 Å². The first-order valence-electron chi connectivity index (χ1n) is 4.10. The normalized spacial score (nSPS) is 10.5. The predicted octanol–water partition coefficient (Wildman–Crippen LogP) is 1.84. The number of likely N-dealkylation sites (N-methyl/N-ethyl adjacent to an activating group) is 1. The van der Waals surface area contributed by atoms with Gasteiger partial charge in [0.05, 0.1) is 0 Å². The number of hydrogen-bond donors (Lipinski definition) is 0. The summed E-state index contributed by atoms with van der Waals surface area (Å²) in [6, 6.07) is 3.48. The molecule has 0 spiro atoms. The average Bonchev–Trinajstić information content (AvgIpc) is 2.16. The Balaban J connectivity index is 2.69. The van der Waals surface area contributed by atoms with Gasteiger partial charge in [-0.15, -0.1) is 0 Å². The quantitative estimate of drug-likeness (QED) is 0.551. The zero-order valence-corrected chi connectivity index (χ0v) is 8.82. The Bertz CT molecular complexity index is 344. The van der Waals surface area contributed by atoms with Crippen LogP contribution < -0.4 is 0 Å². The van der Waals surface area contributed by atoms with Crippen molar-refractivity contribution in [3.8, 4) is 0 Å². The van der Waals surface area contributed by atoms with Gasteiger partial charge in [0.2, 0.25) is 5.91 Å². The molecule has 0 saturated carbocycles. The SMILES string of the molecule is CN(C)C(=O)C=Cc1ccc(Cl)nc1. The van der Waals surface area contributed by atoms with Crippen LogP contribution in [0.5, 0.6) is 0 Å². The van der Waals surface area contributed by atoms with Gasteiger partial charge in [0.1, 0.15) is 5.15 Å². The lowest BCUT2D eigenvalue weighted by Crippen LogP contribution is -2.18. The highest BCUT2D eigenvalue weighted by molar-refractivity contribution is 6.29. The van der Waals surface area contributed by atoms with E-state index in [1.54, 1.807) is 38.5 Å². The molecule has 1 rings (SSSR count). The Morgan fingerprint density at radius 2 is 2.21 bits per heavy atom. The maximum absolute atomic E-state index is 11.2. The van der Waals surface area contributed by atoms with Crippen molar-refractivity contribution in [2.24, 2.45) is 0 Å². The standard InChI is InChI=1S/C10H11ClN2O/c1-13(2)10(14)6-4-8-3-5-9(11)12-7-8/h3-7H,1-2H3. The smallest absolute Gasteiger partial charge is 0.246 e. The van der Waals surface area contributed by atoms with Gasteiger partial charge >= 0.3 is 0 Å². The lowest BCUT2D eigenvalue weighted by atomic mass is 10.2. The first kappa shape index (κ1) is 10.7. The highest BCUT2D eigenvalue weighted by Gasteiger charge is 1.96. The summed E-state index contributed by atoms with van der Waals surface area (Å²) in [4.78, 5) is 16.6. The summed E-state index contributed by atoms with van der Waals surface area (Å²) in [7, 11) is 3.40. The molecule has 0 radical (unpaired) electrons. The molecule has 0 fully saturated rings. The van der Waals surface area contributed by atoms with E-state index in [0.29, 0.717) is 5.15 Å². The van der Waals surface area contributed by atoms with Gasteiger partial charge in [-0.25, -0.2) is 4.98 Å².